The Morgan fingerprint density at radius 3 is 2.28 bits per heavy atom. The summed E-state index contributed by atoms with van der Waals surface area (Å²) in [6, 6.07) is 17.2. The molecule has 1 aliphatic rings. The summed E-state index contributed by atoms with van der Waals surface area (Å²) in [5.41, 5.74) is 3.43. The number of methoxy groups -OCH3 is 1. The van der Waals surface area contributed by atoms with E-state index in [-0.39, 0.29) is 29.5 Å². The Labute approximate surface area is 168 Å². The van der Waals surface area contributed by atoms with Gasteiger partial charge in [-0.2, -0.15) is 0 Å². The van der Waals surface area contributed by atoms with Crippen molar-refractivity contribution in [3.63, 3.8) is 0 Å². The Morgan fingerprint density at radius 1 is 0.897 bits per heavy atom. The number of carbonyl (C=O) groups excluding carboxylic acids is 3. The number of nitrogens with one attached hydrogen (secondary N) is 1. The minimum atomic E-state index is -0.262. The average Bonchev–Trinajstić information content (AvgIpc) is 2.72. The van der Waals surface area contributed by atoms with E-state index in [1.54, 1.807) is 49.6 Å². The molecule has 5 heteroatoms. The molecule has 1 aliphatic carbocycles. The molecule has 0 radical (unpaired) electrons. The van der Waals surface area contributed by atoms with Crippen LogP contribution in [-0.2, 0) is 11.2 Å². The maximum absolute atomic E-state index is 13.0. The number of benzene rings is 3. The van der Waals surface area contributed by atoms with Gasteiger partial charge in [0.15, 0.2) is 11.6 Å². The topological polar surface area (TPSA) is 72.5 Å². The lowest BCUT2D eigenvalue weighted by molar-refractivity contribution is -0.115. The van der Waals surface area contributed by atoms with E-state index in [0.29, 0.717) is 22.4 Å². The van der Waals surface area contributed by atoms with Crippen molar-refractivity contribution < 1.29 is 19.1 Å². The summed E-state index contributed by atoms with van der Waals surface area (Å²) in [5.74, 6) is 0.0274. The van der Waals surface area contributed by atoms with Gasteiger partial charge in [-0.25, -0.2) is 0 Å². The molecule has 5 nitrogen and oxygen atoms in total. The first-order valence-corrected chi connectivity index (χ1v) is 9.24. The van der Waals surface area contributed by atoms with Crippen LogP contribution in [0.1, 0.15) is 43.0 Å². The molecular formula is C24H19NO4. The lowest BCUT2D eigenvalue weighted by Gasteiger charge is -2.20. The molecule has 3 aromatic rings. The van der Waals surface area contributed by atoms with Crippen LogP contribution in [0.15, 0.2) is 60.7 Å². The van der Waals surface area contributed by atoms with Crippen LogP contribution in [0.2, 0.25) is 0 Å². The third-order valence-electron chi connectivity index (χ3n) is 5.05. The third kappa shape index (κ3) is 3.31. The summed E-state index contributed by atoms with van der Waals surface area (Å²) in [6.45, 7) is 1.91. The summed E-state index contributed by atoms with van der Waals surface area (Å²) < 4.78 is 5.24. The highest BCUT2D eigenvalue weighted by molar-refractivity contribution is 6.30. The van der Waals surface area contributed by atoms with Crippen molar-refractivity contribution in [1.29, 1.82) is 0 Å². The molecule has 3 aromatic carbocycles. The third-order valence-corrected chi connectivity index (χ3v) is 5.05. The number of hydrogen-bond donors (Lipinski definition) is 1. The highest BCUT2D eigenvalue weighted by Gasteiger charge is 2.31. The molecule has 144 valence electrons. The fourth-order valence-corrected chi connectivity index (χ4v) is 3.68. The molecule has 0 saturated heterocycles. The van der Waals surface area contributed by atoms with Gasteiger partial charge in [0.25, 0.3) is 0 Å². The van der Waals surface area contributed by atoms with Gasteiger partial charge in [-0.1, -0.05) is 48.5 Å². The van der Waals surface area contributed by atoms with Crippen LogP contribution >= 0.6 is 0 Å². The second-order valence-corrected chi connectivity index (χ2v) is 6.96. The van der Waals surface area contributed by atoms with E-state index in [1.807, 2.05) is 25.1 Å². The smallest absolute Gasteiger partial charge is 0.228 e. The molecular weight excluding hydrogens is 366 g/mol. The van der Waals surface area contributed by atoms with Crippen LogP contribution in [0.3, 0.4) is 0 Å². The molecule has 0 heterocycles. The molecule has 1 N–H and O–H groups in total. The highest BCUT2D eigenvalue weighted by Crippen LogP contribution is 2.32. The second-order valence-electron chi connectivity index (χ2n) is 6.96. The molecule has 29 heavy (non-hydrogen) atoms. The SMILES string of the molecule is COc1ccc(CC(=O)Nc2cccc3c2C(=O)c2ccccc2C3=O)cc1C. The monoisotopic (exact) mass is 385 g/mol. The van der Waals surface area contributed by atoms with Gasteiger partial charge < -0.3 is 10.1 Å². The number of ether oxygens (including phenoxy) is 1. The zero-order valence-corrected chi connectivity index (χ0v) is 16.1. The summed E-state index contributed by atoms with van der Waals surface area (Å²) in [5, 5.41) is 2.81. The minimum absolute atomic E-state index is 0.146. The molecule has 0 fully saturated rings. The van der Waals surface area contributed by atoms with Crippen molar-refractivity contribution in [2.75, 3.05) is 12.4 Å². The number of anilines is 1. The fourth-order valence-electron chi connectivity index (χ4n) is 3.68. The van der Waals surface area contributed by atoms with Crippen molar-refractivity contribution in [3.8, 4) is 5.75 Å². The Kier molecular flexibility index (Phi) is 4.72. The van der Waals surface area contributed by atoms with Gasteiger partial charge in [0.05, 0.1) is 24.8 Å². The largest absolute Gasteiger partial charge is 0.496 e. The van der Waals surface area contributed by atoms with Crippen molar-refractivity contribution in [2.45, 2.75) is 13.3 Å². The lowest BCUT2D eigenvalue weighted by Crippen LogP contribution is -2.24. The van der Waals surface area contributed by atoms with Gasteiger partial charge in [0.2, 0.25) is 5.91 Å². The predicted octanol–water partition coefficient (Wildman–Crippen LogP) is 3.96. The number of carbonyl (C=O) groups is 3. The number of aryl methyl sites for hydroxylation is 1. The maximum Gasteiger partial charge on any atom is 0.228 e. The van der Waals surface area contributed by atoms with E-state index in [0.717, 1.165) is 16.9 Å². The number of fused-ring (bicyclic) bond motifs is 2. The first-order valence-electron chi connectivity index (χ1n) is 9.24. The van der Waals surface area contributed by atoms with Crippen LogP contribution in [0, 0.1) is 6.92 Å². The van der Waals surface area contributed by atoms with Gasteiger partial charge in [0, 0.05) is 16.7 Å². The van der Waals surface area contributed by atoms with E-state index >= 15 is 0 Å². The number of amides is 1. The molecule has 0 bridgehead atoms. The number of hydrogen-bond acceptors (Lipinski definition) is 4. The van der Waals surface area contributed by atoms with Crippen molar-refractivity contribution in [3.05, 3.63) is 94.0 Å². The Hall–Kier alpha value is -3.73. The van der Waals surface area contributed by atoms with Gasteiger partial charge in [-0.05, 0) is 30.2 Å². The van der Waals surface area contributed by atoms with Crippen LogP contribution in [0.25, 0.3) is 0 Å². The first kappa shape index (κ1) is 18.6. The quantitative estimate of drug-likeness (QED) is 0.577. The molecule has 0 unspecified atom stereocenters. The number of rotatable bonds is 4. The van der Waals surface area contributed by atoms with Crippen molar-refractivity contribution >= 4 is 23.2 Å². The van der Waals surface area contributed by atoms with Crippen LogP contribution in [-0.4, -0.2) is 24.6 Å². The zero-order chi connectivity index (χ0) is 20.5. The zero-order valence-electron chi connectivity index (χ0n) is 16.1. The Bertz CT molecular complexity index is 1160. The van der Waals surface area contributed by atoms with Crippen molar-refractivity contribution in [2.24, 2.45) is 0 Å². The Morgan fingerprint density at radius 2 is 1.59 bits per heavy atom. The van der Waals surface area contributed by atoms with E-state index in [2.05, 4.69) is 5.32 Å². The fraction of sp³-hybridized carbons (Fsp3) is 0.125. The van der Waals surface area contributed by atoms with Crippen LogP contribution < -0.4 is 10.1 Å². The van der Waals surface area contributed by atoms with Gasteiger partial charge in [-0.3, -0.25) is 14.4 Å². The predicted molar refractivity (Wildman–Crippen MR) is 110 cm³/mol. The minimum Gasteiger partial charge on any atom is -0.496 e. The molecule has 0 aliphatic heterocycles. The molecule has 0 atom stereocenters. The lowest BCUT2D eigenvalue weighted by atomic mass is 9.83. The van der Waals surface area contributed by atoms with Gasteiger partial charge in [-0.15, -0.1) is 0 Å². The van der Waals surface area contributed by atoms with Gasteiger partial charge >= 0.3 is 0 Å². The average molecular weight is 385 g/mol. The van der Waals surface area contributed by atoms with E-state index in [4.69, 9.17) is 4.74 Å². The van der Waals surface area contributed by atoms with E-state index in [1.165, 1.54) is 0 Å². The summed E-state index contributed by atoms with van der Waals surface area (Å²) in [7, 11) is 1.60. The van der Waals surface area contributed by atoms with Crippen LogP contribution in [0.5, 0.6) is 5.75 Å². The number of ketones is 2. The maximum atomic E-state index is 13.0. The second kappa shape index (κ2) is 7.36. The van der Waals surface area contributed by atoms with Crippen LogP contribution in [0.4, 0.5) is 5.69 Å². The molecule has 0 aromatic heterocycles. The molecule has 1 amide bonds. The Balaban J connectivity index is 1.62. The molecule has 0 saturated carbocycles. The van der Waals surface area contributed by atoms with E-state index in [9.17, 15) is 14.4 Å². The standard InChI is InChI=1S/C24H19NO4/c1-14-12-15(10-11-20(14)29-2)13-21(26)25-19-9-5-8-18-22(19)24(28)17-7-4-3-6-16(17)23(18)27/h3-12H,13H2,1-2H3,(H,25,26). The summed E-state index contributed by atoms with van der Waals surface area (Å²) >= 11 is 0. The summed E-state index contributed by atoms with van der Waals surface area (Å²) in [4.78, 5) is 38.4. The highest BCUT2D eigenvalue weighted by atomic mass is 16.5. The van der Waals surface area contributed by atoms with Crippen molar-refractivity contribution in [1.82, 2.24) is 0 Å². The first-order chi connectivity index (χ1) is 14.0. The molecule has 4 rings (SSSR count). The molecule has 0 spiro atoms. The summed E-state index contributed by atoms with van der Waals surface area (Å²) in [6.07, 6.45) is 0.146. The van der Waals surface area contributed by atoms with Gasteiger partial charge in [0.1, 0.15) is 5.75 Å². The van der Waals surface area contributed by atoms with E-state index < -0.39 is 0 Å². The normalized spacial score (nSPS) is 12.2.